The fourth-order valence-corrected chi connectivity index (χ4v) is 4.36. The lowest BCUT2D eigenvalue weighted by molar-refractivity contribution is 0.0396. The molecule has 1 aromatic heterocycles. The van der Waals surface area contributed by atoms with Crippen LogP contribution in [0.3, 0.4) is 0 Å². The Hall–Kier alpha value is -2.50. The minimum absolute atomic E-state index is 0.0133. The SMILES string of the molecule is CN=C(NCCc1cnn(C)c1)NC1CC2(CCCC2)Oc2ccccc21. The molecule has 1 spiro atoms. The maximum absolute atomic E-state index is 6.46. The molecule has 1 fully saturated rings. The summed E-state index contributed by atoms with van der Waals surface area (Å²) in [5.74, 6) is 1.86. The van der Waals surface area contributed by atoms with Crippen molar-refractivity contribution in [2.75, 3.05) is 13.6 Å². The Morgan fingerprint density at radius 2 is 2.15 bits per heavy atom. The highest BCUT2D eigenvalue weighted by Gasteiger charge is 2.43. The van der Waals surface area contributed by atoms with Crippen LogP contribution in [-0.4, -0.2) is 34.9 Å². The van der Waals surface area contributed by atoms with Crippen LogP contribution in [0.5, 0.6) is 5.75 Å². The number of aryl methyl sites for hydroxylation is 1. The van der Waals surface area contributed by atoms with Crippen LogP contribution in [0.4, 0.5) is 0 Å². The van der Waals surface area contributed by atoms with Crippen LogP contribution in [0.1, 0.15) is 49.3 Å². The summed E-state index contributed by atoms with van der Waals surface area (Å²) >= 11 is 0. The Bertz CT molecular complexity index is 806. The minimum Gasteiger partial charge on any atom is -0.487 e. The van der Waals surface area contributed by atoms with Crippen molar-refractivity contribution in [2.45, 2.75) is 50.2 Å². The lowest BCUT2D eigenvalue weighted by Gasteiger charge is -2.40. The zero-order valence-electron chi connectivity index (χ0n) is 16.2. The van der Waals surface area contributed by atoms with Crippen molar-refractivity contribution in [3.63, 3.8) is 0 Å². The number of nitrogens with zero attached hydrogens (tertiary/aromatic N) is 3. The zero-order chi connectivity index (χ0) is 18.7. The van der Waals surface area contributed by atoms with Crippen molar-refractivity contribution in [1.82, 2.24) is 20.4 Å². The van der Waals surface area contributed by atoms with Crippen LogP contribution in [0, 0.1) is 0 Å². The second-order valence-electron chi connectivity index (χ2n) is 7.70. The van der Waals surface area contributed by atoms with Gasteiger partial charge in [0.1, 0.15) is 11.4 Å². The summed E-state index contributed by atoms with van der Waals surface area (Å²) in [6.45, 7) is 0.821. The molecule has 1 aliphatic heterocycles. The van der Waals surface area contributed by atoms with Gasteiger partial charge in [-0.05, 0) is 43.7 Å². The van der Waals surface area contributed by atoms with E-state index in [1.54, 1.807) is 0 Å². The average molecular weight is 367 g/mol. The third kappa shape index (κ3) is 3.94. The summed E-state index contributed by atoms with van der Waals surface area (Å²) in [5, 5.41) is 11.3. The molecule has 6 heteroatoms. The van der Waals surface area contributed by atoms with Crippen LogP contribution >= 0.6 is 0 Å². The van der Waals surface area contributed by atoms with Crippen molar-refractivity contribution in [1.29, 1.82) is 0 Å². The molecule has 1 atom stereocenters. The molecule has 1 saturated carbocycles. The van der Waals surface area contributed by atoms with E-state index in [4.69, 9.17) is 4.74 Å². The molecule has 0 bridgehead atoms. The van der Waals surface area contributed by atoms with Gasteiger partial charge >= 0.3 is 0 Å². The maximum Gasteiger partial charge on any atom is 0.191 e. The first-order chi connectivity index (χ1) is 13.2. The average Bonchev–Trinajstić information content (AvgIpc) is 3.29. The second kappa shape index (κ2) is 7.62. The summed E-state index contributed by atoms with van der Waals surface area (Å²) in [6, 6.07) is 8.63. The van der Waals surface area contributed by atoms with Gasteiger partial charge in [-0.3, -0.25) is 9.67 Å². The van der Waals surface area contributed by atoms with E-state index in [1.807, 2.05) is 25.0 Å². The molecule has 4 rings (SSSR count). The van der Waals surface area contributed by atoms with Crippen molar-refractivity contribution < 1.29 is 4.74 Å². The van der Waals surface area contributed by atoms with E-state index in [2.05, 4.69) is 51.2 Å². The predicted octanol–water partition coefficient (Wildman–Crippen LogP) is 2.96. The molecule has 1 aromatic carbocycles. The van der Waals surface area contributed by atoms with E-state index < -0.39 is 0 Å². The Morgan fingerprint density at radius 1 is 1.33 bits per heavy atom. The first-order valence-corrected chi connectivity index (χ1v) is 9.90. The number of guanidine groups is 1. The molecule has 2 N–H and O–H groups in total. The van der Waals surface area contributed by atoms with Gasteiger partial charge < -0.3 is 15.4 Å². The molecular weight excluding hydrogens is 338 g/mol. The van der Waals surface area contributed by atoms with Gasteiger partial charge in [-0.2, -0.15) is 5.10 Å². The van der Waals surface area contributed by atoms with Crippen LogP contribution in [0.25, 0.3) is 0 Å². The molecule has 0 amide bonds. The Morgan fingerprint density at radius 3 is 2.89 bits per heavy atom. The van der Waals surface area contributed by atoms with E-state index in [0.717, 1.165) is 43.9 Å². The van der Waals surface area contributed by atoms with Crippen molar-refractivity contribution in [3.8, 4) is 5.75 Å². The van der Waals surface area contributed by atoms with E-state index in [1.165, 1.54) is 24.0 Å². The summed E-state index contributed by atoms with van der Waals surface area (Å²) in [6.07, 6.45) is 10.7. The molecular formula is C21H29N5O. The largest absolute Gasteiger partial charge is 0.487 e. The topological polar surface area (TPSA) is 63.5 Å². The van der Waals surface area contributed by atoms with Gasteiger partial charge in [0, 0.05) is 38.8 Å². The van der Waals surface area contributed by atoms with Gasteiger partial charge in [0.15, 0.2) is 5.96 Å². The van der Waals surface area contributed by atoms with E-state index in [9.17, 15) is 0 Å². The monoisotopic (exact) mass is 367 g/mol. The van der Waals surface area contributed by atoms with Crippen LogP contribution in [0.15, 0.2) is 41.7 Å². The summed E-state index contributed by atoms with van der Waals surface area (Å²) in [4.78, 5) is 4.44. The lowest BCUT2D eigenvalue weighted by Crippen LogP contribution is -2.47. The second-order valence-corrected chi connectivity index (χ2v) is 7.70. The first-order valence-electron chi connectivity index (χ1n) is 9.90. The number of aromatic nitrogens is 2. The zero-order valence-corrected chi connectivity index (χ0v) is 16.2. The Kier molecular flexibility index (Phi) is 5.05. The Labute approximate surface area is 161 Å². The smallest absolute Gasteiger partial charge is 0.191 e. The number of rotatable bonds is 4. The van der Waals surface area contributed by atoms with E-state index in [-0.39, 0.29) is 11.6 Å². The molecule has 2 aliphatic rings. The number of aliphatic imine (C=N–C) groups is 1. The number of para-hydroxylation sites is 1. The number of hydrogen-bond donors (Lipinski definition) is 2. The maximum atomic E-state index is 6.46. The normalized spacial score (nSPS) is 21.0. The van der Waals surface area contributed by atoms with Crippen LogP contribution < -0.4 is 15.4 Å². The number of fused-ring (bicyclic) bond motifs is 1. The molecule has 27 heavy (non-hydrogen) atoms. The van der Waals surface area contributed by atoms with Gasteiger partial charge in [-0.25, -0.2) is 0 Å². The highest BCUT2D eigenvalue weighted by Crippen LogP contribution is 2.46. The molecule has 2 aromatic rings. The van der Waals surface area contributed by atoms with Crippen molar-refractivity contribution in [3.05, 3.63) is 47.8 Å². The van der Waals surface area contributed by atoms with Crippen LogP contribution in [-0.2, 0) is 13.5 Å². The standard InChI is InChI=1S/C21H29N5O/c1-22-20(23-12-9-16-14-24-26(2)15-16)25-18-13-21(10-5-6-11-21)27-19-8-4-3-7-17(18)19/h3-4,7-8,14-15,18H,5-6,9-13H2,1-2H3,(H2,22,23,25). The first kappa shape index (κ1) is 17.9. The van der Waals surface area contributed by atoms with Gasteiger partial charge in [0.05, 0.1) is 12.2 Å². The summed E-state index contributed by atoms with van der Waals surface area (Å²) in [7, 11) is 3.77. The number of ether oxygens (including phenoxy) is 1. The molecule has 0 saturated heterocycles. The van der Waals surface area contributed by atoms with Crippen molar-refractivity contribution >= 4 is 5.96 Å². The molecule has 144 valence electrons. The van der Waals surface area contributed by atoms with Gasteiger partial charge in [-0.15, -0.1) is 0 Å². The van der Waals surface area contributed by atoms with Gasteiger partial charge in [-0.1, -0.05) is 18.2 Å². The molecule has 1 unspecified atom stereocenters. The minimum atomic E-state index is -0.0133. The molecule has 1 aliphatic carbocycles. The lowest BCUT2D eigenvalue weighted by atomic mass is 9.86. The molecule has 0 radical (unpaired) electrons. The third-order valence-corrected chi connectivity index (χ3v) is 5.71. The highest BCUT2D eigenvalue weighted by molar-refractivity contribution is 5.80. The summed E-state index contributed by atoms with van der Waals surface area (Å²) < 4.78 is 8.29. The number of benzene rings is 1. The number of nitrogens with one attached hydrogen (secondary N) is 2. The van der Waals surface area contributed by atoms with E-state index in [0.29, 0.717) is 0 Å². The third-order valence-electron chi connectivity index (χ3n) is 5.71. The van der Waals surface area contributed by atoms with E-state index >= 15 is 0 Å². The predicted molar refractivity (Wildman–Crippen MR) is 107 cm³/mol. The summed E-state index contributed by atoms with van der Waals surface area (Å²) in [5.41, 5.74) is 2.44. The quantitative estimate of drug-likeness (QED) is 0.644. The highest BCUT2D eigenvalue weighted by atomic mass is 16.5. The number of hydrogen-bond acceptors (Lipinski definition) is 3. The van der Waals surface area contributed by atoms with Gasteiger partial charge in [0.25, 0.3) is 0 Å². The Balaban J connectivity index is 1.43. The van der Waals surface area contributed by atoms with Gasteiger partial charge in [0.2, 0.25) is 0 Å². The fourth-order valence-electron chi connectivity index (χ4n) is 4.36. The molecule has 6 nitrogen and oxygen atoms in total. The van der Waals surface area contributed by atoms with Crippen LogP contribution in [0.2, 0.25) is 0 Å². The van der Waals surface area contributed by atoms with Crippen molar-refractivity contribution in [2.24, 2.45) is 12.0 Å². The fraction of sp³-hybridized carbons (Fsp3) is 0.524. The molecule has 2 heterocycles.